The molecule has 5 rings (SSSR count). The van der Waals surface area contributed by atoms with E-state index in [9.17, 15) is 4.79 Å². The average Bonchev–Trinajstić information content (AvgIpc) is 2.85. The number of carbonyl (C=O) groups is 1. The third-order valence-corrected chi connectivity index (χ3v) is 6.53. The lowest BCUT2D eigenvalue weighted by Gasteiger charge is -2.59. The molecule has 2 aliphatic rings. The Morgan fingerprint density at radius 3 is 2.38 bits per heavy atom. The topological polar surface area (TPSA) is 62.8 Å². The predicted molar refractivity (Wildman–Crippen MR) is 125 cm³/mol. The van der Waals surface area contributed by atoms with Crippen molar-refractivity contribution in [2.45, 2.75) is 18.0 Å². The van der Waals surface area contributed by atoms with E-state index in [1.807, 2.05) is 47.4 Å². The number of benzene rings is 3. The van der Waals surface area contributed by atoms with Crippen LogP contribution in [0.25, 0.3) is 11.1 Å². The van der Waals surface area contributed by atoms with Crippen LogP contribution in [0.15, 0.2) is 72.8 Å². The normalized spacial score (nSPS) is 21.4. The van der Waals surface area contributed by atoms with Crippen LogP contribution in [0.1, 0.15) is 11.5 Å². The highest BCUT2D eigenvalue weighted by Gasteiger charge is 2.53. The lowest BCUT2D eigenvalue weighted by molar-refractivity contribution is 0.00200. The summed E-state index contributed by atoms with van der Waals surface area (Å²) in [4.78, 5) is 15.0. The number of piperazine rings is 1. The van der Waals surface area contributed by atoms with E-state index < -0.39 is 0 Å². The number of urea groups is 1. The van der Waals surface area contributed by atoms with Crippen molar-refractivity contribution < 1.29 is 14.3 Å². The first-order valence-electron chi connectivity index (χ1n) is 10.9. The van der Waals surface area contributed by atoms with Gasteiger partial charge >= 0.3 is 6.03 Å². The van der Waals surface area contributed by atoms with Gasteiger partial charge in [0.05, 0.1) is 32.0 Å². The number of methoxy groups -OCH3 is 2. The molecule has 3 aromatic rings. The summed E-state index contributed by atoms with van der Waals surface area (Å²) < 4.78 is 10.7. The summed E-state index contributed by atoms with van der Waals surface area (Å²) in [6.45, 7) is 1.58. The molecule has 3 atom stereocenters. The highest BCUT2D eigenvalue weighted by Crippen LogP contribution is 2.43. The molecule has 2 fully saturated rings. The molecular formula is C26H27N3O3. The second-order valence-electron chi connectivity index (χ2n) is 8.21. The average molecular weight is 430 g/mol. The van der Waals surface area contributed by atoms with Gasteiger partial charge in [-0.2, -0.15) is 0 Å². The summed E-state index contributed by atoms with van der Waals surface area (Å²) in [5.74, 6) is 1.84. The monoisotopic (exact) mass is 429 g/mol. The molecule has 2 heterocycles. The van der Waals surface area contributed by atoms with Gasteiger partial charge < -0.3 is 25.0 Å². The summed E-state index contributed by atoms with van der Waals surface area (Å²) in [5.41, 5.74) is 4.25. The zero-order chi connectivity index (χ0) is 22.1. The summed E-state index contributed by atoms with van der Waals surface area (Å²) in [5, 5.41) is 6.47. The molecule has 0 radical (unpaired) electrons. The van der Waals surface area contributed by atoms with Crippen LogP contribution >= 0.6 is 0 Å². The van der Waals surface area contributed by atoms with Gasteiger partial charge in [0.1, 0.15) is 11.5 Å². The number of nitrogens with zero attached hydrogens (tertiary/aromatic N) is 1. The molecule has 32 heavy (non-hydrogen) atoms. The SMILES string of the molecule is COc1cccc(-c2ccc(C3[C@H]4CNC[C@@H]3N4C(=O)Nc3ccccc3OC)cc2)c1. The van der Waals surface area contributed by atoms with Crippen LogP contribution in [0.3, 0.4) is 0 Å². The number of nitrogens with one attached hydrogen (secondary N) is 2. The Bertz CT molecular complexity index is 1100. The van der Waals surface area contributed by atoms with Gasteiger partial charge in [0.15, 0.2) is 0 Å². The molecule has 2 N–H and O–H groups in total. The lowest BCUT2D eigenvalue weighted by Crippen LogP contribution is -2.74. The molecule has 6 nitrogen and oxygen atoms in total. The van der Waals surface area contributed by atoms with E-state index in [1.165, 1.54) is 5.56 Å². The molecule has 164 valence electrons. The summed E-state index contributed by atoms with van der Waals surface area (Å²) >= 11 is 0. The van der Waals surface area contributed by atoms with E-state index >= 15 is 0 Å². The van der Waals surface area contributed by atoms with E-state index in [1.54, 1.807) is 14.2 Å². The number of anilines is 1. The van der Waals surface area contributed by atoms with Crippen molar-refractivity contribution in [3.63, 3.8) is 0 Å². The largest absolute Gasteiger partial charge is 0.497 e. The Hall–Kier alpha value is -3.51. The summed E-state index contributed by atoms with van der Waals surface area (Å²) in [7, 11) is 3.29. The predicted octanol–water partition coefficient (Wildman–Crippen LogP) is 4.34. The van der Waals surface area contributed by atoms with Crippen molar-refractivity contribution in [2.75, 3.05) is 32.6 Å². The first kappa shape index (κ1) is 20.4. The van der Waals surface area contributed by atoms with Crippen LogP contribution in [0.5, 0.6) is 11.5 Å². The molecule has 2 bridgehead atoms. The Morgan fingerprint density at radius 2 is 1.66 bits per heavy atom. The number of fused-ring (bicyclic) bond motifs is 2. The minimum Gasteiger partial charge on any atom is -0.497 e. The third kappa shape index (κ3) is 3.56. The molecule has 0 aromatic heterocycles. The number of amides is 2. The molecule has 0 aliphatic carbocycles. The van der Waals surface area contributed by atoms with Crippen LogP contribution in [-0.4, -0.2) is 50.3 Å². The molecule has 1 unspecified atom stereocenters. The zero-order valence-electron chi connectivity index (χ0n) is 18.2. The lowest BCUT2D eigenvalue weighted by atomic mass is 9.72. The highest BCUT2D eigenvalue weighted by atomic mass is 16.5. The van der Waals surface area contributed by atoms with Crippen molar-refractivity contribution in [2.24, 2.45) is 0 Å². The fraction of sp³-hybridized carbons (Fsp3) is 0.269. The zero-order valence-corrected chi connectivity index (χ0v) is 18.2. The van der Waals surface area contributed by atoms with Crippen LogP contribution < -0.4 is 20.1 Å². The minimum absolute atomic E-state index is 0.0738. The molecule has 3 aromatic carbocycles. The van der Waals surface area contributed by atoms with E-state index in [0.29, 0.717) is 17.4 Å². The second-order valence-corrected chi connectivity index (χ2v) is 8.21. The molecule has 2 amide bonds. The number of para-hydroxylation sites is 2. The second kappa shape index (κ2) is 8.55. The maximum Gasteiger partial charge on any atom is 0.322 e. The minimum atomic E-state index is -0.0738. The van der Waals surface area contributed by atoms with E-state index in [0.717, 1.165) is 30.0 Å². The Morgan fingerprint density at radius 1 is 0.906 bits per heavy atom. The van der Waals surface area contributed by atoms with Crippen LogP contribution in [-0.2, 0) is 0 Å². The van der Waals surface area contributed by atoms with Crippen molar-refractivity contribution in [3.8, 4) is 22.6 Å². The first-order valence-corrected chi connectivity index (χ1v) is 10.9. The Kier molecular flexibility index (Phi) is 5.45. The van der Waals surface area contributed by atoms with Crippen LogP contribution in [0.2, 0.25) is 0 Å². The maximum absolute atomic E-state index is 13.1. The Balaban J connectivity index is 1.32. The molecule has 2 saturated heterocycles. The van der Waals surface area contributed by atoms with Gasteiger partial charge in [-0.15, -0.1) is 0 Å². The quantitative estimate of drug-likeness (QED) is 0.633. The molecule has 2 aliphatic heterocycles. The van der Waals surface area contributed by atoms with Gasteiger partial charge in [-0.1, -0.05) is 48.5 Å². The van der Waals surface area contributed by atoms with Gasteiger partial charge in [0.25, 0.3) is 0 Å². The fourth-order valence-electron chi connectivity index (χ4n) is 4.95. The summed E-state index contributed by atoms with van der Waals surface area (Å²) in [6.07, 6.45) is 0. The molecule has 6 heteroatoms. The van der Waals surface area contributed by atoms with Crippen LogP contribution in [0, 0.1) is 0 Å². The number of carbonyl (C=O) groups excluding carboxylic acids is 1. The number of hydrogen-bond donors (Lipinski definition) is 2. The van der Waals surface area contributed by atoms with Gasteiger partial charge in [-0.05, 0) is 41.0 Å². The van der Waals surface area contributed by atoms with Crippen molar-refractivity contribution >= 4 is 11.7 Å². The number of rotatable bonds is 5. The van der Waals surface area contributed by atoms with Crippen LogP contribution in [0.4, 0.5) is 10.5 Å². The van der Waals surface area contributed by atoms with Gasteiger partial charge in [0.2, 0.25) is 0 Å². The van der Waals surface area contributed by atoms with Crippen molar-refractivity contribution in [1.82, 2.24) is 10.2 Å². The first-order chi connectivity index (χ1) is 15.7. The number of hydrogen-bond acceptors (Lipinski definition) is 4. The van der Waals surface area contributed by atoms with Gasteiger partial charge in [-0.3, -0.25) is 0 Å². The van der Waals surface area contributed by atoms with Gasteiger partial charge in [-0.25, -0.2) is 4.79 Å². The fourth-order valence-corrected chi connectivity index (χ4v) is 4.95. The maximum atomic E-state index is 13.1. The standard InChI is InChI=1S/C26H27N3O3/c1-31-20-7-5-6-19(14-20)17-10-12-18(13-11-17)25-22-15-27-16-23(25)29(22)26(30)28-21-8-3-4-9-24(21)32-2/h3-14,22-23,25,27H,15-16H2,1-2H3,(H,28,30)/t22-,23+,25?. The highest BCUT2D eigenvalue weighted by molar-refractivity contribution is 5.92. The van der Waals surface area contributed by atoms with E-state index in [-0.39, 0.29) is 18.1 Å². The molecular weight excluding hydrogens is 402 g/mol. The number of likely N-dealkylation sites (tertiary alicyclic amines) is 1. The summed E-state index contributed by atoms with van der Waals surface area (Å²) in [6, 6.07) is 24.5. The van der Waals surface area contributed by atoms with E-state index in [2.05, 4.69) is 41.0 Å². The van der Waals surface area contributed by atoms with Gasteiger partial charge in [0, 0.05) is 19.0 Å². The Labute approximate surface area is 188 Å². The molecule has 0 spiro atoms. The number of ether oxygens (including phenoxy) is 2. The molecule has 0 saturated carbocycles. The van der Waals surface area contributed by atoms with Crippen molar-refractivity contribution in [3.05, 3.63) is 78.4 Å². The van der Waals surface area contributed by atoms with Crippen molar-refractivity contribution in [1.29, 1.82) is 0 Å². The van der Waals surface area contributed by atoms with E-state index in [4.69, 9.17) is 9.47 Å². The smallest absolute Gasteiger partial charge is 0.322 e. The third-order valence-electron chi connectivity index (χ3n) is 6.53. The number of piperidine rings is 1.